The van der Waals surface area contributed by atoms with Gasteiger partial charge in [0.1, 0.15) is 6.10 Å². The number of hydrogen-bond donors (Lipinski definition) is 1. The average Bonchev–Trinajstić information content (AvgIpc) is 3.37. The summed E-state index contributed by atoms with van der Waals surface area (Å²) in [6.07, 6.45) is 11.9. The van der Waals surface area contributed by atoms with E-state index in [-0.39, 0.29) is 11.9 Å². The van der Waals surface area contributed by atoms with Gasteiger partial charge in [0.05, 0.1) is 0 Å². The summed E-state index contributed by atoms with van der Waals surface area (Å²) in [6.45, 7) is 8.55. The molecule has 5 rings (SSSR count). The van der Waals surface area contributed by atoms with E-state index in [4.69, 9.17) is 0 Å². The minimum absolute atomic E-state index is 0.139. The molecule has 1 spiro atoms. The van der Waals surface area contributed by atoms with Gasteiger partial charge in [-0.05, 0) is 113 Å². The summed E-state index contributed by atoms with van der Waals surface area (Å²) >= 11 is 0. The zero-order valence-corrected chi connectivity index (χ0v) is 23.9. The van der Waals surface area contributed by atoms with E-state index in [9.17, 15) is 9.90 Å². The second-order valence-corrected chi connectivity index (χ2v) is 13.4. The molecular formula is C33H50N2O2. The van der Waals surface area contributed by atoms with Crippen molar-refractivity contribution < 1.29 is 9.90 Å². The molecule has 0 bridgehead atoms. The molecule has 4 heteroatoms. The van der Waals surface area contributed by atoms with E-state index in [1.54, 1.807) is 0 Å². The van der Waals surface area contributed by atoms with Crippen LogP contribution < -0.4 is 0 Å². The summed E-state index contributed by atoms with van der Waals surface area (Å²) in [7, 11) is 4.27. The van der Waals surface area contributed by atoms with Gasteiger partial charge in [-0.2, -0.15) is 0 Å². The summed E-state index contributed by atoms with van der Waals surface area (Å²) in [5.41, 5.74) is 2.98. The molecule has 4 aliphatic rings. The number of amides is 1. The average molecular weight is 507 g/mol. The van der Waals surface area contributed by atoms with Crippen LogP contribution in [0.3, 0.4) is 0 Å². The highest BCUT2D eigenvalue weighted by Gasteiger charge is 2.61. The predicted molar refractivity (Wildman–Crippen MR) is 151 cm³/mol. The highest BCUT2D eigenvalue weighted by molar-refractivity contribution is 5.81. The van der Waals surface area contributed by atoms with E-state index >= 15 is 0 Å². The van der Waals surface area contributed by atoms with Crippen molar-refractivity contribution >= 4 is 5.91 Å². The molecule has 1 heterocycles. The van der Waals surface area contributed by atoms with Crippen LogP contribution in [0.5, 0.6) is 0 Å². The first-order valence-corrected chi connectivity index (χ1v) is 15.1. The maximum absolute atomic E-state index is 13.3. The van der Waals surface area contributed by atoms with Crippen molar-refractivity contribution in [2.24, 2.45) is 35.0 Å². The molecule has 1 aromatic carbocycles. The Balaban J connectivity index is 1.30. The van der Waals surface area contributed by atoms with Crippen LogP contribution in [-0.2, 0) is 11.2 Å². The Kier molecular flexibility index (Phi) is 7.90. The fraction of sp³-hybridized carbons (Fsp3) is 0.727. The van der Waals surface area contributed by atoms with Crippen LogP contribution in [-0.4, -0.2) is 59.6 Å². The lowest BCUT2D eigenvalue weighted by Gasteiger charge is -2.50. The molecule has 2 saturated carbocycles. The second kappa shape index (κ2) is 10.8. The van der Waals surface area contributed by atoms with Gasteiger partial charge in [0.2, 0.25) is 0 Å². The Bertz CT molecular complexity index is 976. The summed E-state index contributed by atoms with van der Waals surface area (Å²) < 4.78 is 0. The normalized spacial score (nSPS) is 40.6. The molecular weight excluding hydrogens is 456 g/mol. The van der Waals surface area contributed by atoms with Crippen LogP contribution >= 0.6 is 0 Å². The molecule has 0 radical (unpaired) electrons. The number of likely N-dealkylation sites (tertiary alicyclic amines) is 1. The molecule has 1 saturated heterocycles. The number of carbonyl (C=O) groups excluding carboxylic acids is 1. The molecule has 37 heavy (non-hydrogen) atoms. The number of nitrogens with zero attached hydrogens (tertiary/aromatic N) is 2. The molecule has 3 fully saturated rings. The van der Waals surface area contributed by atoms with Crippen molar-refractivity contribution in [2.75, 3.05) is 20.6 Å². The summed E-state index contributed by atoms with van der Waals surface area (Å²) in [4.78, 5) is 17.8. The van der Waals surface area contributed by atoms with Gasteiger partial charge in [0.15, 0.2) is 0 Å². The molecule has 4 nitrogen and oxygen atoms in total. The predicted octanol–water partition coefficient (Wildman–Crippen LogP) is 5.95. The molecule has 3 aliphatic carbocycles. The standard InChI is InChI=1S/C33H50N2O2/c1-22-11-14-28-27(17-18-33-21-34(4)24(3)29(33)15-16-30(28)33)23(2)12-13-26(19-22)35(5)32(37)31(36)20-25-9-7-6-8-10-25/h6-11,23-24,26-31,36H,12-21H2,1-5H3/b22-11+/t23-,24-,26-,27+,28+,29+,30-,31+,33-/m0/s1. The van der Waals surface area contributed by atoms with Gasteiger partial charge < -0.3 is 14.9 Å². The largest absolute Gasteiger partial charge is 0.383 e. The van der Waals surface area contributed by atoms with Crippen molar-refractivity contribution in [2.45, 2.75) is 96.7 Å². The van der Waals surface area contributed by atoms with Crippen LogP contribution in [0.1, 0.15) is 77.7 Å². The third kappa shape index (κ3) is 5.05. The first kappa shape index (κ1) is 26.9. The minimum Gasteiger partial charge on any atom is -0.383 e. The van der Waals surface area contributed by atoms with Crippen molar-refractivity contribution in [1.82, 2.24) is 9.80 Å². The van der Waals surface area contributed by atoms with Gasteiger partial charge in [-0.25, -0.2) is 0 Å². The molecule has 204 valence electrons. The van der Waals surface area contributed by atoms with Crippen molar-refractivity contribution in [3.63, 3.8) is 0 Å². The Labute approximate surface area is 225 Å². The lowest BCUT2D eigenvalue weighted by molar-refractivity contribution is -0.141. The number of allylic oxidation sites excluding steroid dienone is 1. The van der Waals surface area contributed by atoms with Crippen LogP contribution in [0.25, 0.3) is 0 Å². The summed E-state index contributed by atoms with van der Waals surface area (Å²) in [6, 6.07) is 10.8. The van der Waals surface area contributed by atoms with E-state index in [0.717, 1.165) is 48.1 Å². The zero-order valence-electron chi connectivity index (χ0n) is 23.9. The van der Waals surface area contributed by atoms with Gasteiger partial charge in [0.25, 0.3) is 5.91 Å². The maximum Gasteiger partial charge on any atom is 0.251 e. The van der Waals surface area contributed by atoms with Gasteiger partial charge in [0, 0.05) is 32.1 Å². The fourth-order valence-electron chi connectivity index (χ4n) is 9.40. The molecule has 1 aromatic rings. The monoisotopic (exact) mass is 506 g/mol. The Morgan fingerprint density at radius 3 is 2.57 bits per heavy atom. The molecule has 9 atom stereocenters. The Morgan fingerprint density at radius 2 is 1.81 bits per heavy atom. The number of aliphatic hydroxyl groups excluding tert-OH is 1. The second-order valence-electron chi connectivity index (χ2n) is 13.4. The topological polar surface area (TPSA) is 43.8 Å². The maximum atomic E-state index is 13.3. The lowest BCUT2D eigenvalue weighted by atomic mass is 9.54. The quantitative estimate of drug-likeness (QED) is 0.514. The Morgan fingerprint density at radius 1 is 1.08 bits per heavy atom. The van der Waals surface area contributed by atoms with E-state index in [1.165, 1.54) is 50.6 Å². The van der Waals surface area contributed by atoms with Crippen LogP contribution in [0.4, 0.5) is 0 Å². The van der Waals surface area contributed by atoms with Gasteiger partial charge in [-0.1, -0.05) is 48.9 Å². The van der Waals surface area contributed by atoms with Gasteiger partial charge >= 0.3 is 0 Å². The number of aliphatic hydroxyl groups is 1. The smallest absolute Gasteiger partial charge is 0.251 e. The van der Waals surface area contributed by atoms with Crippen molar-refractivity contribution in [3.05, 3.63) is 47.5 Å². The molecule has 1 amide bonds. The molecule has 0 aromatic heterocycles. The minimum atomic E-state index is -0.981. The van der Waals surface area contributed by atoms with E-state index in [1.807, 2.05) is 42.3 Å². The third-order valence-electron chi connectivity index (χ3n) is 11.5. The first-order valence-electron chi connectivity index (χ1n) is 15.1. The number of rotatable bonds is 4. The van der Waals surface area contributed by atoms with Gasteiger partial charge in [-0.3, -0.25) is 4.79 Å². The highest BCUT2D eigenvalue weighted by Crippen LogP contribution is 2.65. The molecule has 0 unspecified atom stereocenters. The number of likely N-dealkylation sites (N-methyl/N-ethyl adjacent to an activating group) is 1. The van der Waals surface area contributed by atoms with Gasteiger partial charge in [-0.15, -0.1) is 0 Å². The SMILES string of the molecule is C/C1=C\C[C@@H]2[C@H](CC[C@]34CN(C)[C@@H](C)[C@H]3CC[C@@H]24)[C@@H](C)CC[C@H](N(C)C(=O)[C@H](O)Cc2ccccc2)C1. The molecule has 1 N–H and O–H groups in total. The number of carbonyl (C=O) groups is 1. The summed E-state index contributed by atoms with van der Waals surface area (Å²) in [5, 5.41) is 10.8. The van der Waals surface area contributed by atoms with Crippen LogP contribution in [0.2, 0.25) is 0 Å². The fourth-order valence-corrected chi connectivity index (χ4v) is 9.40. The van der Waals surface area contributed by atoms with E-state index in [0.29, 0.717) is 17.8 Å². The Hall–Kier alpha value is -1.65. The summed E-state index contributed by atoms with van der Waals surface area (Å²) in [5.74, 6) is 3.92. The van der Waals surface area contributed by atoms with Crippen LogP contribution in [0, 0.1) is 35.0 Å². The number of benzene rings is 1. The van der Waals surface area contributed by atoms with Crippen molar-refractivity contribution in [1.29, 1.82) is 0 Å². The van der Waals surface area contributed by atoms with E-state index in [2.05, 4.69) is 38.8 Å². The third-order valence-corrected chi connectivity index (χ3v) is 11.5. The zero-order chi connectivity index (χ0) is 26.3. The van der Waals surface area contributed by atoms with E-state index < -0.39 is 6.10 Å². The lowest BCUT2D eigenvalue weighted by Crippen LogP contribution is -2.46. The number of hydrogen-bond acceptors (Lipinski definition) is 3. The number of fused-ring (bicyclic) bond motifs is 2. The highest BCUT2D eigenvalue weighted by atomic mass is 16.3. The molecule has 1 aliphatic heterocycles. The van der Waals surface area contributed by atoms with Crippen LogP contribution in [0.15, 0.2) is 42.0 Å². The van der Waals surface area contributed by atoms with Crippen molar-refractivity contribution in [3.8, 4) is 0 Å². The first-order chi connectivity index (χ1) is 17.7.